The number of aliphatic carboxylic acids is 1. The van der Waals surface area contributed by atoms with Crippen LogP contribution in [-0.2, 0) is 4.79 Å². The molecule has 0 saturated heterocycles. The van der Waals surface area contributed by atoms with Crippen molar-refractivity contribution in [3.05, 3.63) is 35.9 Å². The molecule has 1 aromatic rings. The highest BCUT2D eigenvalue weighted by atomic mass is 16.4. The first-order valence-corrected chi connectivity index (χ1v) is 6.83. The first kappa shape index (κ1) is 14.4. The molecule has 1 aliphatic rings. The number of hydrogen-bond donors (Lipinski definition) is 2. The average Bonchev–Trinajstić information content (AvgIpc) is 3.22. The maximum atomic E-state index is 11.8. The Kier molecular flexibility index (Phi) is 4.61. The number of rotatable bonds is 6. The highest BCUT2D eigenvalue weighted by molar-refractivity contribution is 5.75. The van der Waals surface area contributed by atoms with Gasteiger partial charge in [0.05, 0.1) is 6.42 Å². The minimum Gasteiger partial charge on any atom is -0.481 e. The van der Waals surface area contributed by atoms with Crippen LogP contribution in [0.2, 0.25) is 0 Å². The van der Waals surface area contributed by atoms with Crippen LogP contribution in [0.3, 0.4) is 0 Å². The topological polar surface area (TPSA) is 69.6 Å². The van der Waals surface area contributed by atoms with Gasteiger partial charge in [0.1, 0.15) is 0 Å². The Morgan fingerprint density at radius 1 is 1.35 bits per heavy atom. The van der Waals surface area contributed by atoms with Gasteiger partial charge in [0.15, 0.2) is 0 Å². The van der Waals surface area contributed by atoms with Gasteiger partial charge >= 0.3 is 12.0 Å². The summed E-state index contributed by atoms with van der Waals surface area (Å²) in [5.74, 6) is 0.144. The van der Waals surface area contributed by atoms with Crippen LogP contribution in [0.1, 0.15) is 24.3 Å². The molecule has 1 aromatic carbocycles. The minimum absolute atomic E-state index is 0.0278. The lowest BCUT2D eigenvalue weighted by molar-refractivity contribution is -0.137. The third-order valence-corrected chi connectivity index (χ3v) is 3.67. The quantitative estimate of drug-likeness (QED) is 0.833. The number of nitrogens with one attached hydrogen (secondary N) is 1. The zero-order valence-corrected chi connectivity index (χ0v) is 11.6. The summed E-state index contributed by atoms with van der Waals surface area (Å²) in [7, 11) is 1.61. The summed E-state index contributed by atoms with van der Waals surface area (Å²) in [5.41, 5.74) is 1.32. The average molecular weight is 276 g/mol. The molecule has 0 radical (unpaired) electrons. The predicted octanol–water partition coefficient (Wildman–Crippen LogP) is 1.91. The van der Waals surface area contributed by atoms with E-state index >= 15 is 0 Å². The second-order valence-corrected chi connectivity index (χ2v) is 5.26. The van der Waals surface area contributed by atoms with Gasteiger partial charge in [-0.3, -0.25) is 4.79 Å². The van der Waals surface area contributed by atoms with Crippen LogP contribution in [0.4, 0.5) is 4.79 Å². The predicted molar refractivity (Wildman–Crippen MR) is 75.6 cm³/mol. The molecule has 2 amide bonds. The summed E-state index contributed by atoms with van der Waals surface area (Å²) in [4.78, 5) is 23.6. The van der Waals surface area contributed by atoms with Gasteiger partial charge in [0.2, 0.25) is 0 Å². The van der Waals surface area contributed by atoms with Crippen LogP contribution >= 0.6 is 0 Å². The largest absolute Gasteiger partial charge is 0.481 e. The van der Waals surface area contributed by atoms with Crippen molar-refractivity contribution >= 4 is 12.0 Å². The van der Waals surface area contributed by atoms with Crippen molar-refractivity contribution in [2.45, 2.75) is 18.8 Å². The standard InChI is InChI=1S/C15H20N2O3/c1-17(8-7-14(18)19)15(20)16-10-12-9-13(12)11-5-3-2-4-6-11/h2-6,12-13H,7-10H2,1H3,(H,16,20)(H,18,19)/t12-,13-/m0/s1. The van der Waals surface area contributed by atoms with Crippen molar-refractivity contribution in [1.82, 2.24) is 10.2 Å². The van der Waals surface area contributed by atoms with Crippen molar-refractivity contribution in [3.8, 4) is 0 Å². The van der Waals surface area contributed by atoms with Gasteiger partial charge in [-0.2, -0.15) is 0 Å². The molecular weight excluding hydrogens is 256 g/mol. The van der Waals surface area contributed by atoms with Gasteiger partial charge in [-0.05, 0) is 23.8 Å². The number of amides is 2. The summed E-state index contributed by atoms with van der Waals surface area (Å²) in [6, 6.07) is 10.1. The van der Waals surface area contributed by atoms with Crippen molar-refractivity contribution in [2.24, 2.45) is 5.92 Å². The van der Waals surface area contributed by atoms with Gasteiger partial charge < -0.3 is 15.3 Å². The molecule has 2 rings (SSSR count). The van der Waals surface area contributed by atoms with Crippen molar-refractivity contribution in [1.29, 1.82) is 0 Å². The Morgan fingerprint density at radius 2 is 2.05 bits per heavy atom. The Hall–Kier alpha value is -2.04. The van der Waals surface area contributed by atoms with Crippen molar-refractivity contribution in [2.75, 3.05) is 20.1 Å². The van der Waals surface area contributed by atoms with Gasteiger partial charge in [0, 0.05) is 20.1 Å². The monoisotopic (exact) mass is 276 g/mol. The fourth-order valence-electron chi connectivity index (χ4n) is 2.30. The number of carbonyl (C=O) groups excluding carboxylic acids is 1. The molecule has 0 aliphatic heterocycles. The molecular formula is C15H20N2O3. The second kappa shape index (κ2) is 6.41. The lowest BCUT2D eigenvalue weighted by Gasteiger charge is -2.16. The van der Waals surface area contributed by atoms with E-state index in [4.69, 9.17) is 5.11 Å². The minimum atomic E-state index is -0.893. The van der Waals surface area contributed by atoms with Crippen molar-refractivity contribution < 1.29 is 14.7 Å². The summed E-state index contributed by atoms with van der Waals surface area (Å²) < 4.78 is 0. The molecule has 108 valence electrons. The first-order chi connectivity index (χ1) is 9.58. The number of urea groups is 1. The maximum absolute atomic E-state index is 11.8. The van der Waals surface area contributed by atoms with Gasteiger partial charge in [-0.15, -0.1) is 0 Å². The normalized spacial score (nSPS) is 20.2. The number of hydrogen-bond acceptors (Lipinski definition) is 2. The Morgan fingerprint density at radius 3 is 2.70 bits per heavy atom. The van der Waals surface area contributed by atoms with E-state index < -0.39 is 5.97 Å². The van der Waals surface area contributed by atoms with E-state index in [2.05, 4.69) is 17.4 Å². The molecule has 0 bridgehead atoms. The van der Waals surface area contributed by atoms with Crippen LogP contribution in [0.5, 0.6) is 0 Å². The third kappa shape index (κ3) is 3.98. The van der Waals surface area contributed by atoms with Gasteiger partial charge in [-0.25, -0.2) is 4.79 Å². The lowest BCUT2D eigenvalue weighted by atomic mass is 10.1. The summed E-state index contributed by atoms with van der Waals surface area (Å²) >= 11 is 0. The number of carbonyl (C=O) groups is 2. The fraction of sp³-hybridized carbons (Fsp3) is 0.467. The summed E-state index contributed by atoms with van der Waals surface area (Å²) in [6.45, 7) is 0.879. The van der Waals surface area contributed by atoms with E-state index in [9.17, 15) is 9.59 Å². The van der Waals surface area contributed by atoms with Crippen LogP contribution < -0.4 is 5.32 Å². The molecule has 2 N–H and O–H groups in total. The molecule has 1 aliphatic carbocycles. The van der Waals surface area contributed by atoms with Crippen LogP contribution in [0.15, 0.2) is 30.3 Å². The highest BCUT2D eigenvalue weighted by Gasteiger charge is 2.38. The second-order valence-electron chi connectivity index (χ2n) is 5.26. The number of benzene rings is 1. The summed E-state index contributed by atoms with van der Waals surface area (Å²) in [5, 5.41) is 11.4. The Balaban J connectivity index is 1.69. The molecule has 5 heteroatoms. The molecule has 0 unspecified atom stereocenters. The van der Waals surface area contributed by atoms with E-state index in [-0.39, 0.29) is 19.0 Å². The molecule has 5 nitrogen and oxygen atoms in total. The van der Waals surface area contributed by atoms with E-state index in [1.54, 1.807) is 7.05 Å². The lowest BCUT2D eigenvalue weighted by Crippen LogP contribution is -2.39. The molecule has 1 fully saturated rings. The molecule has 2 atom stereocenters. The molecule has 20 heavy (non-hydrogen) atoms. The first-order valence-electron chi connectivity index (χ1n) is 6.83. The van der Waals surface area contributed by atoms with E-state index in [1.165, 1.54) is 10.5 Å². The molecule has 0 aromatic heterocycles. The van der Waals surface area contributed by atoms with E-state index in [0.29, 0.717) is 18.4 Å². The summed E-state index contributed by atoms with van der Waals surface area (Å²) in [6.07, 6.45) is 1.07. The highest BCUT2D eigenvalue weighted by Crippen LogP contribution is 2.46. The smallest absolute Gasteiger partial charge is 0.317 e. The molecule has 0 heterocycles. The van der Waals surface area contributed by atoms with Crippen LogP contribution in [0, 0.1) is 5.92 Å². The molecule has 1 saturated carbocycles. The van der Waals surface area contributed by atoms with Crippen molar-refractivity contribution in [3.63, 3.8) is 0 Å². The van der Waals surface area contributed by atoms with E-state index in [1.807, 2.05) is 18.2 Å². The molecule has 0 spiro atoms. The Labute approximate surface area is 118 Å². The third-order valence-electron chi connectivity index (χ3n) is 3.67. The van der Waals surface area contributed by atoms with Crippen LogP contribution in [0.25, 0.3) is 0 Å². The number of carboxylic acids is 1. The Bertz CT molecular complexity index is 475. The zero-order chi connectivity index (χ0) is 14.5. The van der Waals surface area contributed by atoms with Gasteiger partial charge in [0.25, 0.3) is 0 Å². The fourth-order valence-corrected chi connectivity index (χ4v) is 2.30. The van der Waals surface area contributed by atoms with E-state index in [0.717, 1.165) is 6.42 Å². The number of nitrogens with zero attached hydrogens (tertiary/aromatic N) is 1. The maximum Gasteiger partial charge on any atom is 0.317 e. The van der Waals surface area contributed by atoms with Gasteiger partial charge in [-0.1, -0.05) is 30.3 Å². The van der Waals surface area contributed by atoms with Crippen LogP contribution in [-0.4, -0.2) is 42.1 Å². The zero-order valence-electron chi connectivity index (χ0n) is 11.6. The number of carboxylic acid groups (broad SMARTS) is 1. The SMILES string of the molecule is CN(CCC(=O)O)C(=O)NC[C@@H]1C[C@H]1c1ccccc1.